The molecule has 286 valence electrons. The second-order valence-electron chi connectivity index (χ2n) is 14.3. The first-order valence-corrected chi connectivity index (χ1v) is 17.6. The molecule has 0 radical (unpaired) electrons. The minimum Gasteiger partial charge on any atom is -0.463 e. The van der Waals surface area contributed by atoms with Crippen LogP contribution in [0.4, 0.5) is 0 Å². The van der Waals surface area contributed by atoms with Gasteiger partial charge in [0, 0.05) is 38.5 Å². The first kappa shape index (κ1) is 41.6. The fourth-order valence-electron chi connectivity index (χ4n) is 6.07. The smallest absolute Gasteiger partial charge is 0.311 e. The second-order valence-corrected chi connectivity index (χ2v) is 14.3. The molecule has 0 aromatic carbocycles. The maximum atomic E-state index is 12.8. The first-order valence-electron chi connectivity index (χ1n) is 17.6. The van der Waals surface area contributed by atoms with Crippen molar-refractivity contribution in [3.63, 3.8) is 0 Å². The van der Waals surface area contributed by atoms with Gasteiger partial charge in [-0.3, -0.25) is 24.0 Å². The van der Waals surface area contributed by atoms with Crippen molar-refractivity contribution in [3.05, 3.63) is 0 Å². The average molecular weight is 716 g/mol. The maximum Gasteiger partial charge on any atom is 0.311 e. The Morgan fingerprint density at radius 2 is 1.18 bits per heavy atom. The molecule has 3 aliphatic rings. The lowest BCUT2D eigenvalue weighted by Crippen LogP contribution is -2.58. The predicted octanol–water partition coefficient (Wildman–Crippen LogP) is 2.69. The van der Waals surface area contributed by atoms with E-state index >= 15 is 0 Å². The Hall–Kier alpha value is -2.85. The molecule has 50 heavy (non-hydrogen) atoms. The number of hydrogen-bond donors (Lipinski definition) is 1. The van der Waals surface area contributed by atoms with Crippen LogP contribution in [0.25, 0.3) is 0 Å². The molecule has 15 heteroatoms. The molecule has 0 aromatic heterocycles. The van der Waals surface area contributed by atoms with Crippen molar-refractivity contribution < 1.29 is 66.6 Å². The molecule has 0 aliphatic carbocycles. The molecule has 1 N–H and O–H groups in total. The summed E-state index contributed by atoms with van der Waals surface area (Å²) in [5.74, 6) is -3.00. The lowest BCUT2D eigenvalue weighted by Gasteiger charge is -2.46. The molecule has 0 bridgehead atoms. The highest BCUT2D eigenvalue weighted by Crippen LogP contribution is 2.36. The zero-order valence-corrected chi connectivity index (χ0v) is 31.1. The molecule has 1 amide bonds. The number of carbonyl (C=O) groups is 5. The molecule has 12 unspecified atom stereocenters. The van der Waals surface area contributed by atoms with Gasteiger partial charge in [0.05, 0.1) is 50.4 Å². The van der Waals surface area contributed by atoms with Crippen LogP contribution >= 0.6 is 0 Å². The number of hydrogen-bond acceptors (Lipinski definition) is 14. The lowest BCUT2D eigenvalue weighted by molar-refractivity contribution is -0.326. The highest BCUT2D eigenvalue weighted by molar-refractivity contribution is 5.77. The normalized spacial score (nSPS) is 34.6. The van der Waals surface area contributed by atoms with Crippen molar-refractivity contribution in [2.24, 2.45) is 29.1 Å². The van der Waals surface area contributed by atoms with Gasteiger partial charge in [-0.05, 0) is 26.2 Å². The zero-order valence-electron chi connectivity index (χ0n) is 31.1. The fourth-order valence-corrected chi connectivity index (χ4v) is 6.07. The molecule has 3 rings (SSSR count). The van der Waals surface area contributed by atoms with Gasteiger partial charge in [0.15, 0.2) is 24.8 Å². The van der Waals surface area contributed by atoms with Gasteiger partial charge < -0.3 is 47.9 Å². The third-order valence-corrected chi connectivity index (χ3v) is 9.96. The summed E-state index contributed by atoms with van der Waals surface area (Å²) in [4.78, 5) is 61.2. The lowest BCUT2D eigenvalue weighted by atomic mass is 9.88. The van der Waals surface area contributed by atoms with Crippen LogP contribution in [0.5, 0.6) is 0 Å². The van der Waals surface area contributed by atoms with E-state index in [1.807, 2.05) is 34.6 Å². The summed E-state index contributed by atoms with van der Waals surface area (Å²) in [5, 5.41) is 2.72. The van der Waals surface area contributed by atoms with Crippen molar-refractivity contribution in [2.45, 2.75) is 131 Å². The summed E-state index contributed by atoms with van der Waals surface area (Å²) in [5.41, 5.74) is -0.613. The summed E-state index contributed by atoms with van der Waals surface area (Å²) < 4.78 is 52.9. The van der Waals surface area contributed by atoms with Crippen molar-refractivity contribution in [1.29, 1.82) is 0 Å². The van der Waals surface area contributed by atoms with Gasteiger partial charge in [-0.25, -0.2) is 0 Å². The van der Waals surface area contributed by atoms with E-state index in [1.54, 1.807) is 13.8 Å². The van der Waals surface area contributed by atoms with Crippen molar-refractivity contribution in [2.75, 3.05) is 33.0 Å². The highest BCUT2D eigenvalue weighted by atomic mass is 16.7. The first-order chi connectivity index (χ1) is 23.4. The van der Waals surface area contributed by atoms with Crippen LogP contribution in [0, 0.1) is 29.1 Å². The molecule has 0 aromatic rings. The van der Waals surface area contributed by atoms with E-state index in [-0.39, 0.29) is 56.5 Å². The quantitative estimate of drug-likeness (QED) is 0.158. The third-order valence-electron chi connectivity index (χ3n) is 9.96. The number of nitrogens with one attached hydrogen (secondary N) is 1. The molecule has 12 atom stereocenters. The van der Waals surface area contributed by atoms with E-state index in [1.165, 1.54) is 20.8 Å². The Morgan fingerprint density at radius 3 is 1.72 bits per heavy atom. The third kappa shape index (κ3) is 11.3. The van der Waals surface area contributed by atoms with Gasteiger partial charge >= 0.3 is 23.9 Å². The van der Waals surface area contributed by atoms with E-state index in [9.17, 15) is 24.0 Å². The number of esters is 4. The molecular weight excluding hydrogens is 658 g/mol. The zero-order chi connectivity index (χ0) is 37.3. The van der Waals surface area contributed by atoms with E-state index in [2.05, 4.69) is 5.32 Å². The summed E-state index contributed by atoms with van der Waals surface area (Å²) in [6, 6.07) is 0. The Balaban J connectivity index is 1.63. The van der Waals surface area contributed by atoms with Crippen LogP contribution in [0.15, 0.2) is 0 Å². The molecule has 3 saturated heterocycles. The highest BCUT2D eigenvalue weighted by Gasteiger charge is 2.49. The van der Waals surface area contributed by atoms with Crippen LogP contribution in [0.3, 0.4) is 0 Å². The fraction of sp³-hybridized carbons (Fsp3) is 0.857. The molecule has 3 heterocycles. The van der Waals surface area contributed by atoms with Crippen molar-refractivity contribution in [3.8, 4) is 0 Å². The largest absolute Gasteiger partial charge is 0.463 e. The summed E-state index contributed by atoms with van der Waals surface area (Å²) in [6.45, 7) is 17.7. The number of carbonyl (C=O) groups excluding carboxylic acids is 5. The van der Waals surface area contributed by atoms with Gasteiger partial charge in [0.25, 0.3) is 0 Å². The Morgan fingerprint density at radius 1 is 0.700 bits per heavy atom. The van der Waals surface area contributed by atoms with Gasteiger partial charge in [-0.15, -0.1) is 0 Å². The van der Waals surface area contributed by atoms with Crippen LogP contribution in [-0.4, -0.2) is 112 Å². The van der Waals surface area contributed by atoms with E-state index < -0.39 is 84.4 Å². The molecule has 3 fully saturated rings. The van der Waals surface area contributed by atoms with Crippen molar-refractivity contribution in [1.82, 2.24) is 5.32 Å². The minimum atomic E-state index is -1.02. The Kier molecular flexibility index (Phi) is 15.5. The average Bonchev–Trinajstić information content (AvgIpc) is 3.04. The SMILES string of the molecule is CCC(C)(C)C(=O)OCCNC(=O)CC1OCC(OC2OCC(OC3OCC(C)C(C)C3OC(C)=O)C(C)C2OC(C)=O)C(C)C1OC(C)=O. The van der Waals surface area contributed by atoms with Crippen LogP contribution in [0.2, 0.25) is 0 Å². The molecule has 0 saturated carbocycles. The summed E-state index contributed by atoms with van der Waals surface area (Å²) in [6.07, 6.45) is -5.73. The summed E-state index contributed by atoms with van der Waals surface area (Å²) >= 11 is 0. The topological polar surface area (TPSA) is 180 Å². The maximum absolute atomic E-state index is 12.8. The number of rotatable bonds is 14. The monoisotopic (exact) mass is 715 g/mol. The summed E-state index contributed by atoms with van der Waals surface area (Å²) in [7, 11) is 0. The van der Waals surface area contributed by atoms with Crippen LogP contribution in [-0.2, 0) is 66.6 Å². The van der Waals surface area contributed by atoms with E-state index in [4.69, 9.17) is 42.6 Å². The molecule has 15 nitrogen and oxygen atoms in total. The number of amides is 1. The van der Waals surface area contributed by atoms with Crippen LogP contribution < -0.4 is 5.32 Å². The molecular formula is C35H57NO14. The standard InChI is InChI=1S/C35H57NO14/c1-11-35(9,10)34(41)42-13-12-36-28(40)14-25-29(46-22(6)37)20(4)26(16-43-25)49-33-31(48-24(8)39)21(5)27(17-45-33)50-32-30(47-23(7)38)19(3)18(2)15-44-32/h18-21,25-27,29-33H,11-17H2,1-10H3,(H,36,40). The van der Waals surface area contributed by atoms with Gasteiger partial charge in [-0.2, -0.15) is 0 Å². The minimum absolute atomic E-state index is 0.0199. The second kappa shape index (κ2) is 18.6. The molecule has 3 aliphatic heterocycles. The van der Waals surface area contributed by atoms with E-state index in [0.717, 1.165) is 0 Å². The Bertz CT molecular complexity index is 1180. The Labute approximate surface area is 295 Å². The van der Waals surface area contributed by atoms with Crippen molar-refractivity contribution >= 4 is 29.8 Å². The predicted molar refractivity (Wildman–Crippen MR) is 175 cm³/mol. The van der Waals surface area contributed by atoms with Gasteiger partial charge in [0.1, 0.15) is 18.8 Å². The van der Waals surface area contributed by atoms with Gasteiger partial charge in [0.2, 0.25) is 5.91 Å². The van der Waals surface area contributed by atoms with Gasteiger partial charge in [-0.1, -0.05) is 34.6 Å². The van der Waals surface area contributed by atoms with E-state index in [0.29, 0.717) is 13.0 Å². The molecule has 0 spiro atoms. The number of ether oxygens (including phenoxy) is 9. The van der Waals surface area contributed by atoms with Crippen LogP contribution in [0.1, 0.15) is 82.1 Å².